The zero-order chi connectivity index (χ0) is 14.7. The molecule has 7 heteroatoms. The minimum atomic E-state index is -0.550. The maximum atomic E-state index is 13.4. The predicted octanol–water partition coefficient (Wildman–Crippen LogP) is 3.27. The minimum absolute atomic E-state index is 0.0202. The highest BCUT2D eigenvalue weighted by molar-refractivity contribution is 5.48. The van der Waals surface area contributed by atoms with Gasteiger partial charge in [-0.1, -0.05) is 6.07 Å². The number of nitro groups is 1. The van der Waals surface area contributed by atoms with Gasteiger partial charge in [0.25, 0.3) is 5.69 Å². The van der Waals surface area contributed by atoms with Gasteiger partial charge in [0.2, 0.25) is 5.88 Å². The molecule has 0 unspecified atom stereocenters. The molecule has 0 bridgehead atoms. The summed E-state index contributed by atoms with van der Waals surface area (Å²) in [6.45, 7) is 1.63. The first-order valence-electron chi connectivity index (χ1n) is 5.78. The topological polar surface area (TPSA) is 77.3 Å². The number of nitrogens with zero attached hydrogens (tertiary/aromatic N) is 2. The van der Waals surface area contributed by atoms with Crippen LogP contribution in [0.4, 0.5) is 15.9 Å². The molecule has 1 N–H and O–H groups in total. The summed E-state index contributed by atoms with van der Waals surface area (Å²) in [5, 5.41) is 13.5. The van der Waals surface area contributed by atoms with Gasteiger partial charge in [0.15, 0.2) is 0 Å². The molecule has 2 aromatic rings. The number of rotatable bonds is 4. The Morgan fingerprint density at radius 3 is 2.70 bits per heavy atom. The summed E-state index contributed by atoms with van der Waals surface area (Å²) in [6, 6.07) is 6.79. The highest BCUT2D eigenvalue weighted by Crippen LogP contribution is 2.27. The molecule has 104 valence electrons. The first-order valence-corrected chi connectivity index (χ1v) is 5.78. The van der Waals surface area contributed by atoms with Crippen LogP contribution in [0.5, 0.6) is 11.6 Å². The van der Waals surface area contributed by atoms with E-state index in [1.54, 1.807) is 26.1 Å². The molecule has 2 rings (SSSR count). The molecule has 1 aromatic carbocycles. The van der Waals surface area contributed by atoms with Crippen LogP contribution in [0.2, 0.25) is 0 Å². The number of ether oxygens (including phenoxy) is 1. The van der Waals surface area contributed by atoms with Gasteiger partial charge in [-0.3, -0.25) is 10.1 Å². The summed E-state index contributed by atoms with van der Waals surface area (Å²) in [6.07, 6.45) is 0. The lowest BCUT2D eigenvalue weighted by Gasteiger charge is -2.07. The Kier molecular flexibility index (Phi) is 3.79. The van der Waals surface area contributed by atoms with Gasteiger partial charge >= 0.3 is 0 Å². The van der Waals surface area contributed by atoms with E-state index < -0.39 is 10.7 Å². The lowest BCUT2D eigenvalue weighted by molar-refractivity contribution is -0.384. The Hall–Kier alpha value is -2.70. The molecule has 6 nitrogen and oxygen atoms in total. The van der Waals surface area contributed by atoms with Crippen LogP contribution in [0.15, 0.2) is 30.3 Å². The molecule has 0 fully saturated rings. The molecule has 0 saturated heterocycles. The van der Waals surface area contributed by atoms with E-state index >= 15 is 0 Å². The number of hydrogen-bond acceptors (Lipinski definition) is 5. The minimum Gasteiger partial charge on any atom is -0.439 e. The Balaban J connectivity index is 2.34. The van der Waals surface area contributed by atoms with Gasteiger partial charge in [-0.25, -0.2) is 4.39 Å². The van der Waals surface area contributed by atoms with Crippen molar-refractivity contribution in [1.82, 2.24) is 4.98 Å². The van der Waals surface area contributed by atoms with E-state index in [1.807, 2.05) is 0 Å². The maximum absolute atomic E-state index is 13.4. The smallest absolute Gasteiger partial charge is 0.278 e. The van der Waals surface area contributed by atoms with Crippen molar-refractivity contribution in [1.29, 1.82) is 0 Å². The number of nitrogens with one attached hydrogen (secondary N) is 1. The number of halogens is 1. The molecule has 1 heterocycles. The molecule has 1 aromatic heterocycles. The van der Waals surface area contributed by atoms with Crippen LogP contribution >= 0.6 is 0 Å². The van der Waals surface area contributed by atoms with E-state index in [9.17, 15) is 14.5 Å². The molecule has 0 aliphatic rings. The summed E-state index contributed by atoms with van der Waals surface area (Å²) >= 11 is 0. The van der Waals surface area contributed by atoms with Gasteiger partial charge < -0.3 is 10.1 Å². The highest BCUT2D eigenvalue weighted by atomic mass is 19.1. The largest absolute Gasteiger partial charge is 0.439 e. The average Bonchev–Trinajstić information content (AvgIpc) is 2.42. The van der Waals surface area contributed by atoms with Crippen molar-refractivity contribution in [2.75, 3.05) is 12.4 Å². The average molecular weight is 277 g/mol. The van der Waals surface area contributed by atoms with Crippen molar-refractivity contribution >= 4 is 11.5 Å². The van der Waals surface area contributed by atoms with Crippen LogP contribution in [0.25, 0.3) is 0 Å². The number of anilines is 1. The predicted molar refractivity (Wildman–Crippen MR) is 71.6 cm³/mol. The zero-order valence-electron chi connectivity index (χ0n) is 10.9. The maximum Gasteiger partial charge on any atom is 0.278 e. The number of benzene rings is 1. The third-order valence-electron chi connectivity index (χ3n) is 2.62. The third-order valence-corrected chi connectivity index (χ3v) is 2.62. The van der Waals surface area contributed by atoms with E-state index in [-0.39, 0.29) is 17.3 Å². The quantitative estimate of drug-likeness (QED) is 0.685. The molecule has 0 aliphatic carbocycles. The van der Waals surface area contributed by atoms with Crippen LogP contribution in [-0.2, 0) is 0 Å². The van der Waals surface area contributed by atoms with Crippen molar-refractivity contribution in [3.05, 3.63) is 51.8 Å². The molecule has 20 heavy (non-hydrogen) atoms. The van der Waals surface area contributed by atoms with Crippen molar-refractivity contribution in [2.45, 2.75) is 6.92 Å². The summed E-state index contributed by atoms with van der Waals surface area (Å²) in [7, 11) is 1.58. The van der Waals surface area contributed by atoms with Gasteiger partial charge in [-0.05, 0) is 18.6 Å². The standard InChI is InChI=1S/C13H12FN3O3/c1-8-3-4-10(7-11(8)14)20-13-6-9(17(18)19)5-12(15-2)16-13/h3-7H,1-2H3,(H,15,16). The second kappa shape index (κ2) is 5.52. The molecular formula is C13H12FN3O3. The number of aromatic nitrogens is 1. The second-order valence-electron chi connectivity index (χ2n) is 4.07. The molecule has 0 atom stereocenters. The van der Waals surface area contributed by atoms with Gasteiger partial charge in [0, 0.05) is 13.1 Å². The zero-order valence-corrected chi connectivity index (χ0v) is 10.9. The molecule has 0 radical (unpaired) electrons. The fraction of sp³-hybridized carbons (Fsp3) is 0.154. The Labute approximate surface area is 114 Å². The molecule has 0 saturated carbocycles. The first kappa shape index (κ1) is 13.7. The Morgan fingerprint density at radius 2 is 2.10 bits per heavy atom. The van der Waals surface area contributed by atoms with Crippen LogP contribution in [0.3, 0.4) is 0 Å². The second-order valence-corrected chi connectivity index (χ2v) is 4.07. The normalized spacial score (nSPS) is 10.2. The number of pyridine rings is 1. The Morgan fingerprint density at radius 1 is 1.35 bits per heavy atom. The van der Waals surface area contributed by atoms with Gasteiger partial charge in [-0.15, -0.1) is 0 Å². The summed E-state index contributed by atoms with van der Waals surface area (Å²) in [4.78, 5) is 14.3. The van der Waals surface area contributed by atoms with Gasteiger partial charge in [0.1, 0.15) is 17.4 Å². The lowest BCUT2D eigenvalue weighted by Crippen LogP contribution is -1.98. The molecule has 0 spiro atoms. The monoisotopic (exact) mass is 277 g/mol. The van der Waals surface area contributed by atoms with Crippen LogP contribution in [0.1, 0.15) is 5.56 Å². The number of hydrogen-bond donors (Lipinski definition) is 1. The summed E-state index contributed by atoms with van der Waals surface area (Å²) < 4.78 is 18.8. The van der Waals surface area contributed by atoms with Crippen molar-refractivity contribution in [3.63, 3.8) is 0 Å². The first-order chi connectivity index (χ1) is 9.49. The lowest BCUT2D eigenvalue weighted by atomic mass is 10.2. The van der Waals surface area contributed by atoms with E-state index in [2.05, 4.69) is 10.3 Å². The van der Waals surface area contributed by atoms with Crippen molar-refractivity contribution in [3.8, 4) is 11.6 Å². The van der Waals surface area contributed by atoms with Crippen LogP contribution in [-0.4, -0.2) is 17.0 Å². The third kappa shape index (κ3) is 3.00. The van der Waals surface area contributed by atoms with E-state index in [4.69, 9.17) is 4.74 Å². The van der Waals surface area contributed by atoms with Crippen LogP contribution in [0, 0.1) is 22.9 Å². The van der Waals surface area contributed by atoms with Crippen molar-refractivity contribution < 1.29 is 14.1 Å². The number of aryl methyl sites for hydroxylation is 1. The molecule has 0 amide bonds. The van der Waals surface area contributed by atoms with Crippen LogP contribution < -0.4 is 10.1 Å². The molecule has 0 aliphatic heterocycles. The van der Waals surface area contributed by atoms with E-state index in [0.29, 0.717) is 11.4 Å². The highest BCUT2D eigenvalue weighted by Gasteiger charge is 2.12. The summed E-state index contributed by atoms with van der Waals surface area (Å²) in [5.74, 6) is 0.124. The fourth-order valence-electron chi connectivity index (χ4n) is 1.54. The van der Waals surface area contributed by atoms with Crippen molar-refractivity contribution in [2.24, 2.45) is 0 Å². The van der Waals surface area contributed by atoms with E-state index in [0.717, 1.165) is 0 Å². The van der Waals surface area contributed by atoms with E-state index in [1.165, 1.54) is 18.2 Å². The Bertz CT molecular complexity index is 661. The SMILES string of the molecule is CNc1cc([N+](=O)[O-])cc(Oc2ccc(C)c(F)c2)n1. The van der Waals surface area contributed by atoms with Gasteiger partial charge in [0.05, 0.1) is 17.1 Å². The van der Waals surface area contributed by atoms with Gasteiger partial charge in [-0.2, -0.15) is 4.98 Å². The summed E-state index contributed by atoms with van der Waals surface area (Å²) in [5.41, 5.74) is 0.326. The molecular weight excluding hydrogens is 265 g/mol. The fourth-order valence-corrected chi connectivity index (χ4v) is 1.54.